The van der Waals surface area contributed by atoms with E-state index in [1.54, 1.807) is 0 Å². The van der Waals surface area contributed by atoms with Crippen LogP contribution in [0, 0.1) is 5.82 Å². The number of hydrogen-bond acceptors (Lipinski definition) is 4. The molecule has 0 saturated carbocycles. The minimum atomic E-state index is -1.25. The fourth-order valence-corrected chi connectivity index (χ4v) is 1.14. The summed E-state index contributed by atoms with van der Waals surface area (Å²) in [4.78, 5) is 0. The highest BCUT2D eigenvalue weighted by Gasteiger charge is 2.19. The Morgan fingerprint density at radius 2 is 2.00 bits per heavy atom. The van der Waals surface area contributed by atoms with Gasteiger partial charge in [-0.3, -0.25) is 0 Å². The zero-order chi connectivity index (χ0) is 10.7. The zero-order valence-corrected chi connectivity index (χ0v) is 7.52. The summed E-state index contributed by atoms with van der Waals surface area (Å²) in [5.74, 6) is -0.516. The highest BCUT2D eigenvalue weighted by Crippen LogP contribution is 2.23. The standard InChI is InChI=1S/C9H13FN2O2/c10-5-1-2-7(12)6(3-5)9(14)8(13)4-11/h1-3,8-9,13-14H,4,11-12H2. The van der Waals surface area contributed by atoms with Crippen LogP contribution in [0.25, 0.3) is 0 Å². The highest BCUT2D eigenvalue weighted by molar-refractivity contribution is 5.48. The Kier molecular flexibility index (Phi) is 3.40. The second-order valence-electron chi connectivity index (χ2n) is 3.02. The van der Waals surface area contributed by atoms with Gasteiger partial charge in [-0.2, -0.15) is 0 Å². The Hall–Kier alpha value is -1.17. The van der Waals surface area contributed by atoms with Gasteiger partial charge in [0.1, 0.15) is 11.9 Å². The molecule has 0 aliphatic heterocycles. The first-order valence-corrected chi connectivity index (χ1v) is 4.17. The van der Waals surface area contributed by atoms with E-state index in [4.69, 9.17) is 11.5 Å². The molecule has 0 spiro atoms. The lowest BCUT2D eigenvalue weighted by Crippen LogP contribution is -2.27. The molecule has 0 heterocycles. The van der Waals surface area contributed by atoms with Crippen LogP contribution in [0.5, 0.6) is 0 Å². The van der Waals surface area contributed by atoms with E-state index in [2.05, 4.69) is 0 Å². The average molecular weight is 200 g/mol. The predicted molar refractivity (Wildman–Crippen MR) is 50.8 cm³/mol. The van der Waals surface area contributed by atoms with E-state index in [0.29, 0.717) is 0 Å². The summed E-state index contributed by atoms with van der Waals surface area (Å²) in [6, 6.07) is 3.59. The molecule has 1 rings (SSSR count). The van der Waals surface area contributed by atoms with Gasteiger partial charge in [-0.1, -0.05) is 0 Å². The lowest BCUT2D eigenvalue weighted by atomic mass is 10.0. The number of hydrogen-bond donors (Lipinski definition) is 4. The molecule has 2 unspecified atom stereocenters. The molecule has 4 nitrogen and oxygen atoms in total. The van der Waals surface area contributed by atoms with Gasteiger partial charge in [0.05, 0.1) is 6.10 Å². The zero-order valence-electron chi connectivity index (χ0n) is 7.52. The van der Waals surface area contributed by atoms with E-state index < -0.39 is 18.0 Å². The molecule has 5 heteroatoms. The molecule has 1 aromatic carbocycles. The molecule has 1 aromatic rings. The van der Waals surface area contributed by atoms with Gasteiger partial charge < -0.3 is 21.7 Å². The van der Waals surface area contributed by atoms with E-state index in [1.165, 1.54) is 12.1 Å². The SMILES string of the molecule is NCC(O)C(O)c1cc(F)ccc1N. The number of nitrogen functional groups attached to an aromatic ring is 1. The number of benzene rings is 1. The molecule has 0 aliphatic carbocycles. The minimum Gasteiger partial charge on any atom is -0.398 e. The Balaban J connectivity index is 2.99. The van der Waals surface area contributed by atoms with Crippen molar-refractivity contribution in [1.82, 2.24) is 0 Å². The normalized spacial score (nSPS) is 15.1. The fourth-order valence-electron chi connectivity index (χ4n) is 1.14. The van der Waals surface area contributed by atoms with Crippen molar-refractivity contribution in [3.05, 3.63) is 29.6 Å². The van der Waals surface area contributed by atoms with Gasteiger partial charge in [-0.05, 0) is 18.2 Å². The number of anilines is 1. The first kappa shape index (κ1) is 10.9. The first-order valence-electron chi connectivity index (χ1n) is 4.17. The van der Waals surface area contributed by atoms with E-state index in [1.807, 2.05) is 0 Å². The smallest absolute Gasteiger partial charge is 0.123 e. The topological polar surface area (TPSA) is 92.5 Å². The van der Waals surface area contributed by atoms with Gasteiger partial charge in [0, 0.05) is 17.8 Å². The summed E-state index contributed by atoms with van der Waals surface area (Å²) >= 11 is 0. The largest absolute Gasteiger partial charge is 0.398 e. The third kappa shape index (κ3) is 2.20. The summed E-state index contributed by atoms with van der Waals surface area (Å²) in [6.07, 6.45) is -2.39. The molecule has 0 fully saturated rings. The van der Waals surface area contributed by atoms with Crippen LogP contribution in [0.15, 0.2) is 18.2 Å². The molecular formula is C9H13FN2O2. The van der Waals surface area contributed by atoms with Crippen molar-refractivity contribution in [3.63, 3.8) is 0 Å². The number of aliphatic hydroxyl groups excluding tert-OH is 2. The van der Waals surface area contributed by atoms with Crippen LogP contribution in [0.1, 0.15) is 11.7 Å². The van der Waals surface area contributed by atoms with Crippen LogP contribution in [0.3, 0.4) is 0 Å². The summed E-state index contributed by atoms with van der Waals surface area (Å²) in [6.45, 7) is -0.114. The molecule has 14 heavy (non-hydrogen) atoms. The summed E-state index contributed by atoms with van der Waals surface area (Å²) in [7, 11) is 0. The summed E-state index contributed by atoms with van der Waals surface area (Å²) < 4.78 is 12.8. The maximum absolute atomic E-state index is 12.8. The van der Waals surface area contributed by atoms with E-state index in [-0.39, 0.29) is 17.8 Å². The van der Waals surface area contributed by atoms with Crippen molar-refractivity contribution < 1.29 is 14.6 Å². The third-order valence-electron chi connectivity index (χ3n) is 1.97. The second-order valence-corrected chi connectivity index (χ2v) is 3.02. The van der Waals surface area contributed by atoms with Gasteiger partial charge in [-0.15, -0.1) is 0 Å². The van der Waals surface area contributed by atoms with Crippen molar-refractivity contribution in [2.45, 2.75) is 12.2 Å². The fraction of sp³-hybridized carbons (Fsp3) is 0.333. The van der Waals surface area contributed by atoms with E-state index in [0.717, 1.165) is 6.07 Å². The minimum absolute atomic E-state index is 0.114. The Morgan fingerprint density at radius 1 is 1.36 bits per heavy atom. The predicted octanol–water partition coefficient (Wildman–Crippen LogP) is -0.239. The Bertz CT molecular complexity index is 320. The molecular weight excluding hydrogens is 187 g/mol. The van der Waals surface area contributed by atoms with Crippen molar-refractivity contribution in [3.8, 4) is 0 Å². The molecule has 78 valence electrons. The van der Waals surface area contributed by atoms with Crippen LogP contribution in [0.4, 0.5) is 10.1 Å². The molecule has 0 radical (unpaired) electrons. The maximum atomic E-state index is 12.8. The highest BCUT2D eigenvalue weighted by atomic mass is 19.1. The van der Waals surface area contributed by atoms with Crippen LogP contribution < -0.4 is 11.5 Å². The second kappa shape index (κ2) is 4.36. The maximum Gasteiger partial charge on any atom is 0.123 e. The summed E-state index contributed by atoms with van der Waals surface area (Å²) in [5, 5.41) is 18.8. The molecule has 0 amide bonds. The molecule has 0 saturated heterocycles. The van der Waals surface area contributed by atoms with Crippen molar-refractivity contribution >= 4 is 5.69 Å². The quantitative estimate of drug-likeness (QED) is 0.507. The molecule has 2 atom stereocenters. The lowest BCUT2D eigenvalue weighted by Gasteiger charge is -2.17. The van der Waals surface area contributed by atoms with Crippen molar-refractivity contribution in [2.75, 3.05) is 12.3 Å². The summed E-state index contributed by atoms with van der Waals surface area (Å²) in [5.41, 5.74) is 11.0. The Morgan fingerprint density at radius 3 is 2.57 bits per heavy atom. The van der Waals surface area contributed by atoms with Gasteiger partial charge in [-0.25, -0.2) is 4.39 Å². The van der Waals surface area contributed by atoms with Crippen molar-refractivity contribution in [2.24, 2.45) is 5.73 Å². The third-order valence-corrected chi connectivity index (χ3v) is 1.97. The van der Waals surface area contributed by atoms with Gasteiger partial charge in [0.2, 0.25) is 0 Å². The van der Waals surface area contributed by atoms with Gasteiger partial charge in [0.25, 0.3) is 0 Å². The molecule has 0 bridgehead atoms. The molecule has 0 aromatic heterocycles. The monoisotopic (exact) mass is 200 g/mol. The molecule has 0 aliphatic rings. The number of rotatable bonds is 3. The van der Waals surface area contributed by atoms with Crippen LogP contribution in [0.2, 0.25) is 0 Å². The van der Waals surface area contributed by atoms with Crippen molar-refractivity contribution in [1.29, 1.82) is 0 Å². The number of halogens is 1. The van der Waals surface area contributed by atoms with Gasteiger partial charge >= 0.3 is 0 Å². The number of aliphatic hydroxyl groups is 2. The average Bonchev–Trinajstić information content (AvgIpc) is 2.19. The van der Waals surface area contributed by atoms with Crippen LogP contribution in [-0.2, 0) is 0 Å². The Labute approximate surface area is 81.0 Å². The van der Waals surface area contributed by atoms with Crippen LogP contribution in [-0.4, -0.2) is 22.9 Å². The first-order chi connectivity index (χ1) is 6.56. The molecule has 6 N–H and O–H groups in total. The van der Waals surface area contributed by atoms with E-state index >= 15 is 0 Å². The lowest BCUT2D eigenvalue weighted by molar-refractivity contribution is 0.0246. The van der Waals surface area contributed by atoms with E-state index in [9.17, 15) is 14.6 Å². The number of nitrogens with two attached hydrogens (primary N) is 2. The van der Waals surface area contributed by atoms with Crippen LogP contribution >= 0.6 is 0 Å². The van der Waals surface area contributed by atoms with Gasteiger partial charge in [0.15, 0.2) is 0 Å².